The van der Waals surface area contributed by atoms with E-state index in [2.05, 4.69) is 28.6 Å². The Morgan fingerprint density at radius 2 is 2.27 bits per heavy atom. The number of anilines is 1. The van der Waals surface area contributed by atoms with Gasteiger partial charge in [-0.2, -0.15) is 0 Å². The number of aryl methyl sites for hydroxylation is 1. The Morgan fingerprint density at radius 3 is 2.91 bits per heavy atom. The number of nitrogens with one attached hydrogen (secondary N) is 2. The first-order valence-corrected chi connectivity index (χ1v) is 8.32. The lowest BCUT2D eigenvalue weighted by Crippen LogP contribution is -2.20. The fraction of sp³-hybridized carbons (Fsp3) is 0.588. The third-order valence-corrected chi connectivity index (χ3v) is 4.04. The third-order valence-electron chi connectivity index (χ3n) is 3.75. The highest BCUT2D eigenvalue weighted by Crippen LogP contribution is 2.31. The van der Waals surface area contributed by atoms with E-state index in [4.69, 9.17) is 16.3 Å². The van der Waals surface area contributed by atoms with Crippen LogP contribution in [0.25, 0.3) is 5.57 Å². The minimum atomic E-state index is 0.672. The van der Waals surface area contributed by atoms with Crippen molar-refractivity contribution in [3.05, 3.63) is 28.4 Å². The molecule has 22 heavy (non-hydrogen) atoms. The minimum Gasteiger partial charge on any atom is -0.385 e. The van der Waals surface area contributed by atoms with Gasteiger partial charge in [0.05, 0.1) is 5.02 Å². The highest BCUT2D eigenvalue weighted by molar-refractivity contribution is 6.32. The molecule has 122 valence electrons. The number of allylic oxidation sites excluding steroid dienone is 1. The van der Waals surface area contributed by atoms with Crippen molar-refractivity contribution in [2.75, 3.05) is 32.1 Å². The van der Waals surface area contributed by atoms with Crippen LogP contribution >= 0.6 is 11.6 Å². The summed E-state index contributed by atoms with van der Waals surface area (Å²) in [5.74, 6) is 0.867. The first-order valence-electron chi connectivity index (χ1n) is 7.94. The van der Waals surface area contributed by atoms with Crippen molar-refractivity contribution in [3.8, 4) is 0 Å². The van der Waals surface area contributed by atoms with E-state index in [1.807, 2.05) is 13.0 Å². The van der Waals surface area contributed by atoms with Gasteiger partial charge in [0, 0.05) is 44.1 Å². The summed E-state index contributed by atoms with van der Waals surface area (Å²) in [6.07, 6.45) is 5.61. The van der Waals surface area contributed by atoms with Crippen molar-refractivity contribution in [1.82, 2.24) is 10.3 Å². The molecule has 0 radical (unpaired) electrons. The van der Waals surface area contributed by atoms with Gasteiger partial charge >= 0.3 is 0 Å². The summed E-state index contributed by atoms with van der Waals surface area (Å²) in [6.45, 7) is 6.41. The number of rotatable bonds is 9. The molecule has 2 rings (SSSR count). The van der Waals surface area contributed by atoms with Crippen LogP contribution in [-0.2, 0) is 4.74 Å². The van der Waals surface area contributed by atoms with Gasteiger partial charge in [0.2, 0.25) is 0 Å². The fourth-order valence-electron chi connectivity index (χ4n) is 2.37. The van der Waals surface area contributed by atoms with E-state index in [1.54, 1.807) is 7.11 Å². The van der Waals surface area contributed by atoms with Crippen molar-refractivity contribution >= 4 is 23.0 Å². The topological polar surface area (TPSA) is 46.2 Å². The summed E-state index contributed by atoms with van der Waals surface area (Å²) < 4.78 is 5.09. The van der Waals surface area contributed by atoms with Gasteiger partial charge in [-0.05, 0) is 44.7 Å². The molecule has 1 aromatic rings. The zero-order valence-corrected chi connectivity index (χ0v) is 14.5. The molecular weight excluding hydrogens is 298 g/mol. The Hall–Kier alpha value is -1.10. The molecule has 0 unspecified atom stereocenters. The Balaban J connectivity index is 2.14. The smallest absolute Gasteiger partial charge is 0.135 e. The van der Waals surface area contributed by atoms with E-state index in [0.717, 1.165) is 48.2 Å². The summed E-state index contributed by atoms with van der Waals surface area (Å²) in [5, 5.41) is 7.71. The number of aromatic nitrogens is 1. The molecule has 0 atom stereocenters. The highest BCUT2D eigenvalue weighted by Gasteiger charge is 2.22. The molecule has 4 nitrogen and oxygen atoms in total. The molecule has 1 aliphatic carbocycles. The molecule has 1 aliphatic rings. The van der Waals surface area contributed by atoms with E-state index < -0.39 is 0 Å². The summed E-state index contributed by atoms with van der Waals surface area (Å²) in [6, 6.07) is 2.60. The quantitative estimate of drug-likeness (QED) is 0.681. The number of nitrogens with zero attached hydrogens (tertiary/aromatic N) is 1. The van der Waals surface area contributed by atoms with Crippen molar-refractivity contribution in [1.29, 1.82) is 0 Å². The molecule has 0 spiro atoms. The SMILES string of the molecule is C/C=C(/CNC1CC1)c1c(Cl)cc(C)nc1NCCCOC. The number of pyridine rings is 1. The van der Waals surface area contributed by atoms with Crippen LogP contribution in [0.4, 0.5) is 5.82 Å². The molecule has 0 aromatic carbocycles. The number of halogens is 1. The molecule has 1 fully saturated rings. The zero-order valence-electron chi connectivity index (χ0n) is 13.7. The number of methoxy groups -OCH3 is 1. The van der Waals surface area contributed by atoms with E-state index in [1.165, 1.54) is 18.4 Å². The molecule has 1 aromatic heterocycles. The van der Waals surface area contributed by atoms with Crippen LogP contribution in [0.3, 0.4) is 0 Å². The molecule has 1 heterocycles. The molecule has 1 saturated carbocycles. The summed E-state index contributed by atoms with van der Waals surface area (Å²) in [5.41, 5.74) is 3.13. The van der Waals surface area contributed by atoms with Gasteiger partial charge in [-0.15, -0.1) is 0 Å². The van der Waals surface area contributed by atoms with Gasteiger partial charge in [-0.1, -0.05) is 17.7 Å². The van der Waals surface area contributed by atoms with E-state index >= 15 is 0 Å². The van der Waals surface area contributed by atoms with Gasteiger partial charge in [0.1, 0.15) is 5.82 Å². The lowest BCUT2D eigenvalue weighted by molar-refractivity contribution is 0.197. The van der Waals surface area contributed by atoms with Crippen LogP contribution in [0.1, 0.15) is 37.4 Å². The molecule has 0 aliphatic heterocycles. The number of hydrogen-bond donors (Lipinski definition) is 2. The van der Waals surface area contributed by atoms with Crippen LogP contribution in [0.15, 0.2) is 12.1 Å². The Labute approximate surface area is 138 Å². The van der Waals surface area contributed by atoms with Crippen LogP contribution in [0.2, 0.25) is 5.02 Å². The van der Waals surface area contributed by atoms with E-state index in [0.29, 0.717) is 6.04 Å². The fourth-order valence-corrected chi connectivity index (χ4v) is 2.74. The van der Waals surface area contributed by atoms with Crippen molar-refractivity contribution < 1.29 is 4.74 Å². The molecule has 5 heteroatoms. The number of hydrogen-bond acceptors (Lipinski definition) is 4. The summed E-state index contributed by atoms with van der Waals surface area (Å²) in [4.78, 5) is 4.64. The molecule has 0 saturated heterocycles. The monoisotopic (exact) mass is 323 g/mol. The zero-order chi connectivity index (χ0) is 15.9. The van der Waals surface area contributed by atoms with E-state index in [9.17, 15) is 0 Å². The van der Waals surface area contributed by atoms with Crippen LogP contribution in [0, 0.1) is 6.92 Å². The van der Waals surface area contributed by atoms with Gasteiger partial charge in [-0.3, -0.25) is 0 Å². The maximum Gasteiger partial charge on any atom is 0.135 e. The average Bonchev–Trinajstić information content (AvgIpc) is 3.30. The van der Waals surface area contributed by atoms with Crippen molar-refractivity contribution in [3.63, 3.8) is 0 Å². The van der Waals surface area contributed by atoms with Crippen LogP contribution in [-0.4, -0.2) is 37.8 Å². The Morgan fingerprint density at radius 1 is 1.50 bits per heavy atom. The normalized spacial score (nSPS) is 15.2. The van der Waals surface area contributed by atoms with Crippen LogP contribution in [0.5, 0.6) is 0 Å². The summed E-state index contributed by atoms with van der Waals surface area (Å²) >= 11 is 6.51. The first-order chi connectivity index (χ1) is 10.7. The standard InChI is InChI=1S/C17H26ClN3O/c1-4-13(11-20-14-6-7-14)16-15(18)10-12(2)21-17(16)19-8-5-9-22-3/h4,10,14,20H,5-9,11H2,1-3H3,(H,19,21)/b13-4-. The second kappa shape index (κ2) is 8.51. The lowest BCUT2D eigenvalue weighted by Gasteiger charge is -2.17. The minimum absolute atomic E-state index is 0.672. The van der Waals surface area contributed by atoms with Gasteiger partial charge in [-0.25, -0.2) is 4.98 Å². The lowest BCUT2D eigenvalue weighted by atomic mass is 10.1. The Bertz CT molecular complexity index is 527. The van der Waals surface area contributed by atoms with E-state index in [-0.39, 0.29) is 0 Å². The molecule has 0 bridgehead atoms. The van der Waals surface area contributed by atoms with Gasteiger partial charge in [0.25, 0.3) is 0 Å². The predicted octanol–water partition coefficient (Wildman–Crippen LogP) is 3.65. The maximum atomic E-state index is 6.51. The third kappa shape index (κ3) is 4.97. The Kier molecular flexibility index (Phi) is 6.68. The predicted molar refractivity (Wildman–Crippen MR) is 93.6 cm³/mol. The van der Waals surface area contributed by atoms with Gasteiger partial charge in [0.15, 0.2) is 0 Å². The maximum absolute atomic E-state index is 6.51. The average molecular weight is 324 g/mol. The number of ether oxygens (including phenoxy) is 1. The molecular formula is C17H26ClN3O. The highest BCUT2D eigenvalue weighted by atomic mass is 35.5. The van der Waals surface area contributed by atoms with Crippen molar-refractivity contribution in [2.24, 2.45) is 0 Å². The van der Waals surface area contributed by atoms with Crippen LogP contribution < -0.4 is 10.6 Å². The molecule has 2 N–H and O–H groups in total. The van der Waals surface area contributed by atoms with Crippen molar-refractivity contribution in [2.45, 2.75) is 39.2 Å². The molecule has 0 amide bonds. The van der Waals surface area contributed by atoms with Gasteiger partial charge < -0.3 is 15.4 Å². The first kappa shape index (κ1) is 17.3. The summed E-state index contributed by atoms with van der Waals surface area (Å²) in [7, 11) is 1.72. The second-order valence-corrected chi connectivity index (χ2v) is 6.12. The largest absolute Gasteiger partial charge is 0.385 e. The second-order valence-electron chi connectivity index (χ2n) is 5.71.